The fraction of sp³-hybridized carbons (Fsp3) is 0.167. The van der Waals surface area contributed by atoms with Gasteiger partial charge in [0.1, 0.15) is 0 Å². The van der Waals surface area contributed by atoms with Crippen LogP contribution < -0.4 is 4.74 Å². The monoisotopic (exact) mass is 190 g/mol. The molecule has 0 radical (unpaired) electrons. The third-order valence-electron chi connectivity index (χ3n) is 1.98. The molecule has 2 nitrogen and oxygen atoms in total. The number of allylic oxidation sites excluding steroid dienone is 1. The van der Waals surface area contributed by atoms with Crippen LogP contribution in [0.1, 0.15) is 11.1 Å². The first kappa shape index (κ1) is 10.4. The molecule has 0 aliphatic heterocycles. The van der Waals surface area contributed by atoms with Crippen molar-refractivity contribution in [2.75, 3.05) is 7.11 Å². The summed E-state index contributed by atoms with van der Waals surface area (Å²) in [6, 6.07) is 3.66. The third-order valence-corrected chi connectivity index (χ3v) is 1.98. The summed E-state index contributed by atoms with van der Waals surface area (Å²) in [5, 5.41) is 9.66. The van der Waals surface area contributed by atoms with E-state index in [1.807, 2.05) is 6.07 Å². The van der Waals surface area contributed by atoms with Crippen LogP contribution in [0.2, 0.25) is 0 Å². The number of benzene rings is 1. The molecule has 14 heavy (non-hydrogen) atoms. The lowest BCUT2D eigenvalue weighted by atomic mass is 10.1. The largest absolute Gasteiger partial charge is 0.504 e. The van der Waals surface area contributed by atoms with Gasteiger partial charge in [0.15, 0.2) is 11.5 Å². The molecule has 0 fully saturated rings. The summed E-state index contributed by atoms with van der Waals surface area (Å²) >= 11 is 0. The molecule has 0 aliphatic carbocycles. The van der Waals surface area contributed by atoms with E-state index in [0.717, 1.165) is 12.0 Å². The standard InChI is InChI=1S/C12H14O2/c1-4-6-9-7-10(5-2)12(13)11(8-9)14-3/h4-5,7-8,13H,1-2,6H2,3H3. The summed E-state index contributed by atoms with van der Waals surface area (Å²) in [7, 11) is 1.53. The maximum absolute atomic E-state index is 9.66. The van der Waals surface area contributed by atoms with Crippen molar-refractivity contribution >= 4 is 6.08 Å². The second kappa shape index (κ2) is 4.51. The Labute approximate surface area is 84.1 Å². The van der Waals surface area contributed by atoms with Gasteiger partial charge in [-0.2, -0.15) is 0 Å². The van der Waals surface area contributed by atoms with Crippen LogP contribution in [0.3, 0.4) is 0 Å². The molecule has 0 spiro atoms. The Bertz CT molecular complexity index is 354. The molecule has 0 atom stereocenters. The molecule has 1 aromatic carbocycles. The van der Waals surface area contributed by atoms with Gasteiger partial charge in [-0.25, -0.2) is 0 Å². The van der Waals surface area contributed by atoms with Crippen molar-refractivity contribution in [1.82, 2.24) is 0 Å². The highest BCUT2D eigenvalue weighted by molar-refractivity contribution is 5.62. The summed E-state index contributed by atoms with van der Waals surface area (Å²) in [4.78, 5) is 0. The third kappa shape index (κ3) is 1.96. The molecule has 0 aliphatic rings. The fourth-order valence-corrected chi connectivity index (χ4v) is 1.28. The van der Waals surface area contributed by atoms with Crippen molar-refractivity contribution in [3.8, 4) is 11.5 Å². The van der Waals surface area contributed by atoms with Gasteiger partial charge < -0.3 is 9.84 Å². The molecule has 1 aromatic rings. The van der Waals surface area contributed by atoms with E-state index in [0.29, 0.717) is 11.3 Å². The lowest BCUT2D eigenvalue weighted by Crippen LogP contribution is -1.90. The maximum Gasteiger partial charge on any atom is 0.165 e. The number of hydrogen-bond acceptors (Lipinski definition) is 2. The summed E-state index contributed by atoms with van der Waals surface area (Å²) in [5.74, 6) is 0.606. The number of phenolic OH excluding ortho intramolecular Hbond substituents is 1. The quantitative estimate of drug-likeness (QED) is 0.740. The van der Waals surface area contributed by atoms with Crippen LogP contribution in [0.4, 0.5) is 0 Å². The van der Waals surface area contributed by atoms with Gasteiger partial charge in [-0.05, 0) is 24.1 Å². The molecule has 0 unspecified atom stereocenters. The van der Waals surface area contributed by atoms with Gasteiger partial charge in [0.05, 0.1) is 7.11 Å². The van der Waals surface area contributed by atoms with Gasteiger partial charge in [-0.3, -0.25) is 0 Å². The number of rotatable bonds is 4. The van der Waals surface area contributed by atoms with Crippen LogP contribution in [0.25, 0.3) is 6.08 Å². The van der Waals surface area contributed by atoms with Gasteiger partial charge in [-0.15, -0.1) is 6.58 Å². The minimum atomic E-state index is 0.135. The summed E-state index contributed by atoms with van der Waals surface area (Å²) < 4.78 is 5.04. The first-order valence-electron chi connectivity index (χ1n) is 4.36. The smallest absolute Gasteiger partial charge is 0.165 e. The Morgan fingerprint density at radius 3 is 2.64 bits per heavy atom. The zero-order valence-corrected chi connectivity index (χ0v) is 8.29. The number of phenols is 1. The minimum absolute atomic E-state index is 0.135. The van der Waals surface area contributed by atoms with Crippen molar-refractivity contribution in [3.05, 3.63) is 42.5 Å². The van der Waals surface area contributed by atoms with Crippen LogP contribution in [0, 0.1) is 0 Å². The van der Waals surface area contributed by atoms with Gasteiger partial charge >= 0.3 is 0 Å². The molecular formula is C12H14O2. The van der Waals surface area contributed by atoms with Gasteiger partial charge in [-0.1, -0.05) is 18.7 Å². The molecule has 2 heteroatoms. The van der Waals surface area contributed by atoms with E-state index < -0.39 is 0 Å². The van der Waals surface area contributed by atoms with Gasteiger partial charge in [0, 0.05) is 5.56 Å². The topological polar surface area (TPSA) is 29.5 Å². The molecule has 0 amide bonds. The van der Waals surface area contributed by atoms with E-state index in [2.05, 4.69) is 13.2 Å². The molecule has 0 aromatic heterocycles. The van der Waals surface area contributed by atoms with Gasteiger partial charge in [0.2, 0.25) is 0 Å². The molecule has 1 rings (SSSR count). The second-order valence-electron chi connectivity index (χ2n) is 2.93. The molecule has 0 heterocycles. The van der Waals surface area contributed by atoms with E-state index in [-0.39, 0.29) is 5.75 Å². The predicted molar refractivity (Wildman–Crippen MR) is 58.7 cm³/mol. The zero-order chi connectivity index (χ0) is 10.6. The van der Waals surface area contributed by atoms with E-state index in [1.165, 1.54) is 7.11 Å². The molecule has 74 valence electrons. The number of ether oxygens (including phenoxy) is 1. The van der Waals surface area contributed by atoms with E-state index in [4.69, 9.17) is 4.74 Å². The zero-order valence-electron chi connectivity index (χ0n) is 8.29. The summed E-state index contributed by atoms with van der Waals surface area (Å²) in [5.41, 5.74) is 1.73. The molecule has 0 saturated carbocycles. The molecule has 0 bridgehead atoms. The van der Waals surface area contributed by atoms with Crippen molar-refractivity contribution < 1.29 is 9.84 Å². The average molecular weight is 190 g/mol. The first-order chi connectivity index (χ1) is 6.72. The number of methoxy groups -OCH3 is 1. The van der Waals surface area contributed by atoms with Crippen molar-refractivity contribution in [3.63, 3.8) is 0 Å². The maximum atomic E-state index is 9.66. The van der Waals surface area contributed by atoms with Crippen LogP contribution in [-0.2, 0) is 6.42 Å². The highest BCUT2D eigenvalue weighted by Crippen LogP contribution is 2.32. The van der Waals surface area contributed by atoms with Crippen LogP contribution in [0.5, 0.6) is 11.5 Å². The summed E-state index contributed by atoms with van der Waals surface area (Å²) in [6.45, 7) is 7.29. The van der Waals surface area contributed by atoms with Crippen molar-refractivity contribution in [2.24, 2.45) is 0 Å². The second-order valence-corrected chi connectivity index (χ2v) is 2.93. The lowest BCUT2D eigenvalue weighted by molar-refractivity contribution is 0.372. The fourth-order valence-electron chi connectivity index (χ4n) is 1.28. The van der Waals surface area contributed by atoms with E-state index >= 15 is 0 Å². The van der Waals surface area contributed by atoms with Crippen molar-refractivity contribution in [2.45, 2.75) is 6.42 Å². The summed E-state index contributed by atoms with van der Waals surface area (Å²) in [6.07, 6.45) is 4.15. The number of aromatic hydroxyl groups is 1. The Morgan fingerprint density at radius 1 is 1.43 bits per heavy atom. The Kier molecular flexibility index (Phi) is 3.35. The molecule has 0 saturated heterocycles. The molecular weight excluding hydrogens is 176 g/mol. The minimum Gasteiger partial charge on any atom is -0.504 e. The number of hydrogen-bond donors (Lipinski definition) is 1. The Hall–Kier alpha value is -1.70. The van der Waals surface area contributed by atoms with E-state index in [1.54, 1.807) is 18.2 Å². The first-order valence-corrected chi connectivity index (χ1v) is 4.36. The Balaban J connectivity index is 3.23. The Morgan fingerprint density at radius 2 is 2.14 bits per heavy atom. The SMILES string of the molecule is C=CCc1cc(C=C)c(O)c(OC)c1. The van der Waals surface area contributed by atoms with Crippen molar-refractivity contribution in [1.29, 1.82) is 0 Å². The average Bonchev–Trinajstić information content (AvgIpc) is 2.20. The van der Waals surface area contributed by atoms with E-state index in [9.17, 15) is 5.11 Å². The highest BCUT2D eigenvalue weighted by Gasteiger charge is 2.07. The molecule has 1 N–H and O–H groups in total. The highest BCUT2D eigenvalue weighted by atomic mass is 16.5. The van der Waals surface area contributed by atoms with Crippen LogP contribution in [0.15, 0.2) is 31.4 Å². The predicted octanol–water partition coefficient (Wildman–Crippen LogP) is 2.77. The normalized spacial score (nSPS) is 9.50. The van der Waals surface area contributed by atoms with Gasteiger partial charge in [0.25, 0.3) is 0 Å². The van der Waals surface area contributed by atoms with Crippen LogP contribution >= 0.6 is 0 Å². The lowest BCUT2D eigenvalue weighted by Gasteiger charge is -2.08. The van der Waals surface area contributed by atoms with Crippen LogP contribution in [-0.4, -0.2) is 12.2 Å².